The summed E-state index contributed by atoms with van der Waals surface area (Å²) in [4.78, 5) is 94.4. The summed E-state index contributed by atoms with van der Waals surface area (Å²) in [5.41, 5.74) is 41.7. The molecule has 0 bridgehead atoms. The molecule has 16 N–H and O–H groups in total. The van der Waals surface area contributed by atoms with Crippen molar-refractivity contribution >= 4 is 67.5 Å². The Morgan fingerprint density at radius 3 is 0.730 bits per heavy atom. The van der Waals surface area contributed by atoms with E-state index in [0.717, 1.165) is 0 Å². The van der Waals surface area contributed by atoms with Crippen LogP contribution in [-0.2, 0) is 50.7 Å². The Morgan fingerprint density at radius 2 is 0.595 bits per heavy atom. The molecule has 0 aromatic rings. The van der Waals surface area contributed by atoms with Crippen LogP contribution in [0.15, 0.2) is 0 Å². The van der Waals surface area contributed by atoms with Gasteiger partial charge in [0.15, 0.2) is 0 Å². The van der Waals surface area contributed by atoms with Gasteiger partial charge in [0.05, 0.1) is 0 Å². The first kappa shape index (κ1) is 33.4. The van der Waals surface area contributed by atoms with E-state index in [1.54, 1.807) is 0 Å². The van der Waals surface area contributed by atoms with Crippen LogP contribution in [0.1, 0.15) is 25.7 Å². The van der Waals surface area contributed by atoms with Crippen molar-refractivity contribution in [2.45, 2.75) is 49.9 Å². The maximum atomic E-state index is 12.5. The third kappa shape index (κ3) is 12.8. The summed E-state index contributed by atoms with van der Waals surface area (Å²) in [5, 5.41) is 0. The molecule has 0 heterocycles. The van der Waals surface area contributed by atoms with Crippen LogP contribution >= 0.6 is 0 Å². The molecule has 0 saturated carbocycles. The Kier molecular flexibility index (Phi) is 13.4. The average Bonchev–Trinajstić information content (AvgIpc) is 2.71. The van der Waals surface area contributed by atoms with Crippen molar-refractivity contribution in [3.8, 4) is 0 Å². The summed E-state index contributed by atoms with van der Waals surface area (Å²) < 4.78 is 19.5. The number of rotatable bonds is 16. The number of hydrogen-bond acceptors (Lipinski definition) is 16. The first-order valence-corrected chi connectivity index (χ1v) is 14.6. The summed E-state index contributed by atoms with van der Waals surface area (Å²) in [6, 6.07) is -7.43. The second-order valence-corrected chi connectivity index (χ2v) is 12.5. The van der Waals surface area contributed by atoms with Crippen molar-refractivity contribution in [3.63, 3.8) is 0 Å². The summed E-state index contributed by atoms with van der Waals surface area (Å²) in [7, 11) is 0. The van der Waals surface area contributed by atoms with Crippen LogP contribution in [0.25, 0.3) is 0 Å². The second-order valence-electron chi connectivity index (χ2n) is 7.29. The van der Waals surface area contributed by atoms with E-state index in [4.69, 9.17) is 58.2 Å². The Morgan fingerprint density at radius 1 is 0.432 bits per heavy atom. The summed E-state index contributed by atoms with van der Waals surface area (Å²) in [6.07, 6.45) is -3.33. The van der Waals surface area contributed by atoms with Crippen LogP contribution in [-0.4, -0.2) is 91.7 Å². The molecule has 0 saturated heterocycles. The van der Waals surface area contributed by atoms with E-state index in [1.165, 1.54) is 0 Å². The zero-order valence-corrected chi connectivity index (χ0v) is 22.0. The molecule has 0 fully saturated rings. The first-order valence-electron chi connectivity index (χ1n) is 9.96. The van der Waals surface area contributed by atoms with Crippen LogP contribution in [0.2, 0.25) is 0 Å². The Bertz CT molecular complexity index is 797. The Hall–Kier alpha value is -3.60. The topological polar surface area (TPSA) is 382 Å². The molecular weight excluding hydrogens is 615 g/mol. The van der Waals surface area contributed by atoms with Crippen molar-refractivity contribution in [1.82, 2.24) is 0 Å². The number of primary amides is 4. The predicted octanol–water partition coefficient (Wildman–Crippen LogP) is -7.59. The van der Waals surface area contributed by atoms with Gasteiger partial charge in [0.2, 0.25) is 0 Å². The van der Waals surface area contributed by atoms with Gasteiger partial charge >= 0.3 is 214 Å². The van der Waals surface area contributed by atoms with Gasteiger partial charge in [-0.1, -0.05) is 0 Å². The van der Waals surface area contributed by atoms with E-state index in [9.17, 15) is 38.4 Å². The third-order valence-corrected chi connectivity index (χ3v) is 8.95. The SMILES string of the molecule is NC(=O)C[C@H](N)C(=O)[O][Sn]([O]C(=O)[C@@H](N)CC(N)=O)([O]C(=O)[C@@H](N)CC(N)=O)[O]C(=O)[C@@H](N)CC(N)=O. The number of hydrogen-bond donors (Lipinski definition) is 8. The zero-order valence-electron chi connectivity index (χ0n) is 19.2. The molecule has 21 heteroatoms. The Labute approximate surface area is 213 Å². The number of carbonyl (C=O) groups excluding carboxylic acids is 8. The van der Waals surface area contributed by atoms with Gasteiger partial charge in [-0.25, -0.2) is 0 Å². The molecule has 0 aromatic heterocycles. The van der Waals surface area contributed by atoms with Gasteiger partial charge in [-0.05, 0) is 0 Å². The molecule has 0 radical (unpaired) electrons. The zero-order chi connectivity index (χ0) is 29.1. The first-order chi connectivity index (χ1) is 16.9. The molecule has 0 unspecified atom stereocenters. The molecule has 20 nitrogen and oxygen atoms in total. The van der Waals surface area contributed by atoms with Gasteiger partial charge in [-0.2, -0.15) is 0 Å². The van der Waals surface area contributed by atoms with Gasteiger partial charge in [0.25, 0.3) is 0 Å². The van der Waals surface area contributed by atoms with Crippen molar-refractivity contribution in [3.05, 3.63) is 0 Å². The van der Waals surface area contributed by atoms with Crippen LogP contribution in [0.3, 0.4) is 0 Å². The molecule has 0 spiro atoms. The van der Waals surface area contributed by atoms with Crippen molar-refractivity contribution in [2.75, 3.05) is 0 Å². The second kappa shape index (κ2) is 14.8. The molecule has 208 valence electrons. The standard InChI is InChI=1S/4C4H8N2O3.Sn/c4*5-2(4(8)9)1-3(6)7;/h4*2H,1,5H2,(H2,6,7)(H,8,9);/q;;;;+4/p-4/t4*2-;/m0000./s1. The van der Waals surface area contributed by atoms with E-state index in [-0.39, 0.29) is 0 Å². The molecule has 0 rings (SSSR count). The van der Waals surface area contributed by atoms with Crippen molar-refractivity contribution < 1.29 is 50.7 Å². The molecule has 37 heavy (non-hydrogen) atoms. The maximum absolute atomic E-state index is 12.5. The van der Waals surface area contributed by atoms with Crippen molar-refractivity contribution in [1.29, 1.82) is 0 Å². The number of carbonyl (C=O) groups is 8. The summed E-state index contributed by atoms with van der Waals surface area (Å²) >= 11 is -6.84. The van der Waals surface area contributed by atoms with E-state index in [0.29, 0.717) is 0 Å². The molecule has 0 aliphatic carbocycles. The summed E-state index contributed by atoms with van der Waals surface area (Å²) in [5.74, 6) is -10.9. The van der Waals surface area contributed by atoms with Gasteiger partial charge in [0, 0.05) is 0 Å². The van der Waals surface area contributed by atoms with Gasteiger partial charge in [-0.15, -0.1) is 0 Å². The predicted molar refractivity (Wildman–Crippen MR) is 117 cm³/mol. The molecule has 0 aromatic carbocycles. The fourth-order valence-electron chi connectivity index (χ4n) is 2.12. The van der Waals surface area contributed by atoms with Crippen molar-refractivity contribution in [2.24, 2.45) is 45.9 Å². The number of amides is 4. The normalized spacial score (nSPS) is 14.2. The molecule has 0 aliphatic rings. The van der Waals surface area contributed by atoms with E-state index in [2.05, 4.69) is 0 Å². The number of nitrogens with two attached hydrogens (primary N) is 8. The molecule has 0 aliphatic heterocycles. The monoisotopic (exact) mass is 644 g/mol. The average molecular weight is 643 g/mol. The van der Waals surface area contributed by atoms with Crippen LogP contribution in [0.4, 0.5) is 0 Å². The quantitative estimate of drug-likeness (QED) is 0.0724. The molecule has 4 amide bonds. The fraction of sp³-hybridized carbons (Fsp3) is 0.500. The van der Waals surface area contributed by atoms with E-state index in [1.807, 2.05) is 0 Å². The summed E-state index contributed by atoms with van der Waals surface area (Å²) in [6.45, 7) is 0. The van der Waals surface area contributed by atoms with Gasteiger partial charge in [0.1, 0.15) is 0 Å². The van der Waals surface area contributed by atoms with E-state index < -0.39 is 117 Å². The van der Waals surface area contributed by atoms with Crippen LogP contribution < -0.4 is 45.9 Å². The molecular formula is C16H28N8O12Sn. The van der Waals surface area contributed by atoms with E-state index >= 15 is 0 Å². The van der Waals surface area contributed by atoms with Crippen LogP contribution in [0, 0.1) is 0 Å². The minimum absolute atomic E-state index is 0.833. The Balaban J connectivity index is 6.51. The fourth-order valence-corrected chi connectivity index (χ4v) is 7.38. The minimum atomic E-state index is -6.84. The third-order valence-electron chi connectivity index (χ3n) is 3.80. The molecule has 4 atom stereocenters. The van der Waals surface area contributed by atoms with Gasteiger partial charge < -0.3 is 0 Å². The van der Waals surface area contributed by atoms with Crippen LogP contribution in [0.5, 0.6) is 0 Å². The van der Waals surface area contributed by atoms with Gasteiger partial charge in [-0.3, -0.25) is 0 Å².